The van der Waals surface area contributed by atoms with Gasteiger partial charge in [0.15, 0.2) is 0 Å². The molecule has 0 unspecified atom stereocenters. The van der Waals surface area contributed by atoms with Crippen LogP contribution in [-0.4, -0.2) is 12.5 Å². The first-order valence-electron chi connectivity index (χ1n) is 8.30. The highest BCUT2D eigenvalue weighted by Crippen LogP contribution is 2.31. The van der Waals surface area contributed by atoms with Gasteiger partial charge >= 0.3 is 0 Å². The smallest absolute Gasteiger partial charge is 0.227 e. The predicted octanol–water partition coefficient (Wildman–Crippen LogP) is 4.22. The number of nitrogens with two attached hydrogens (primary N) is 1. The summed E-state index contributed by atoms with van der Waals surface area (Å²) >= 11 is 0. The van der Waals surface area contributed by atoms with Gasteiger partial charge in [0.2, 0.25) is 5.91 Å². The van der Waals surface area contributed by atoms with Crippen LogP contribution in [-0.2, 0) is 17.6 Å². The summed E-state index contributed by atoms with van der Waals surface area (Å²) in [4.78, 5) is 14.7. The summed E-state index contributed by atoms with van der Waals surface area (Å²) in [6.45, 7) is 5.05. The molecule has 1 aliphatic rings. The van der Waals surface area contributed by atoms with Gasteiger partial charge in [0.1, 0.15) is 0 Å². The normalized spacial score (nSPS) is 13.2. The van der Waals surface area contributed by atoms with Crippen molar-refractivity contribution in [2.75, 3.05) is 17.2 Å². The van der Waals surface area contributed by atoms with E-state index in [0.717, 1.165) is 36.3 Å². The van der Waals surface area contributed by atoms with Gasteiger partial charge in [0.05, 0.1) is 0 Å². The maximum Gasteiger partial charge on any atom is 0.227 e. The molecule has 0 aromatic heterocycles. The van der Waals surface area contributed by atoms with Gasteiger partial charge in [-0.15, -0.1) is 12.4 Å². The van der Waals surface area contributed by atoms with E-state index in [2.05, 4.69) is 26.0 Å². The molecule has 0 saturated heterocycles. The number of aryl methyl sites for hydroxylation is 3. The highest BCUT2D eigenvalue weighted by molar-refractivity contribution is 5.95. The van der Waals surface area contributed by atoms with Gasteiger partial charge in [-0.2, -0.15) is 0 Å². The second-order valence-electron chi connectivity index (χ2n) is 6.43. The second-order valence-corrected chi connectivity index (χ2v) is 6.43. The van der Waals surface area contributed by atoms with E-state index in [1.807, 2.05) is 29.2 Å². The molecule has 1 aliphatic heterocycles. The van der Waals surface area contributed by atoms with Crippen molar-refractivity contribution < 1.29 is 4.79 Å². The zero-order chi connectivity index (χ0) is 16.4. The Balaban J connectivity index is 0.00000208. The summed E-state index contributed by atoms with van der Waals surface area (Å²) in [6, 6.07) is 12.1. The Bertz CT molecular complexity index is 742. The van der Waals surface area contributed by atoms with Crippen LogP contribution in [0.1, 0.15) is 35.1 Å². The first kappa shape index (κ1) is 18.3. The molecule has 2 aromatic rings. The van der Waals surface area contributed by atoms with Crippen molar-refractivity contribution in [3.8, 4) is 0 Å². The number of nitrogen functional groups attached to an aromatic ring is 1. The van der Waals surface area contributed by atoms with Crippen molar-refractivity contribution in [3.63, 3.8) is 0 Å². The van der Waals surface area contributed by atoms with E-state index in [4.69, 9.17) is 5.73 Å². The Morgan fingerprint density at radius 2 is 1.96 bits per heavy atom. The predicted molar refractivity (Wildman–Crippen MR) is 103 cm³/mol. The highest BCUT2D eigenvalue weighted by atomic mass is 35.5. The quantitative estimate of drug-likeness (QED) is 0.847. The van der Waals surface area contributed by atoms with Gasteiger partial charge in [-0.25, -0.2) is 0 Å². The zero-order valence-corrected chi connectivity index (χ0v) is 15.2. The number of carbonyl (C=O) groups is 1. The molecular weight excluding hydrogens is 320 g/mol. The molecule has 0 spiro atoms. The second kappa shape index (κ2) is 7.71. The van der Waals surface area contributed by atoms with Gasteiger partial charge in [-0.05, 0) is 67.5 Å². The van der Waals surface area contributed by atoms with Crippen LogP contribution < -0.4 is 10.6 Å². The van der Waals surface area contributed by atoms with E-state index < -0.39 is 0 Å². The monoisotopic (exact) mass is 344 g/mol. The lowest BCUT2D eigenvalue weighted by molar-refractivity contribution is -0.118. The van der Waals surface area contributed by atoms with Crippen molar-refractivity contribution in [2.24, 2.45) is 0 Å². The molecule has 24 heavy (non-hydrogen) atoms. The molecule has 2 aromatic carbocycles. The Morgan fingerprint density at radius 3 is 2.71 bits per heavy atom. The summed E-state index contributed by atoms with van der Waals surface area (Å²) in [5.74, 6) is 0.194. The van der Waals surface area contributed by atoms with Gasteiger partial charge in [0.25, 0.3) is 0 Å². The number of rotatable bonds is 3. The van der Waals surface area contributed by atoms with E-state index in [9.17, 15) is 4.79 Å². The maximum atomic E-state index is 12.8. The molecule has 4 heteroatoms. The minimum Gasteiger partial charge on any atom is -0.399 e. The number of hydrogen-bond donors (Lipinski definition) is 1. The number of para-hydroxylation sites is 1. The third-order valence-electron chi connectivity index (χ3n) is 4.66. The zero-order valence-electron chi connectivity index (χ0n) is 14.3. The van der Waals surface area contributed by atoms with Gasteiger partial charge in [-0.3, -0.25) is 4.79 Å². The van der Waals surface area contributed by atoms with Crippen molar-refractivity contribution in [3.05, 3.63) is 58.7 Å². The fourth-order valence-electron chi connectivity index (χ4n) is 3.47. The van der Waals surface area contributed by atoms with Crippen molar-refractivity contribution in [1.82, 2.24) is 0 Å². The maximum absolute atomic E-state index is 12.8. The lowest BCUT2D eigenvalue weighted by atomic mass is 9.94. The number of hydrogen-bond acceptors (Lipinski definition) is 2. The van der Waals surface area contributed by atoms with Crippen LogP contribution in [0.5, 0.6) is 0 Å². The number of carbonyl (C=O) groups excluding carboxylic acids is 1. The Hall–Kier alpha value is -2.00. The van der Waals surface area contributed by atoms with E-state index in [0.29, 0.717) is 12.8 Å². The van der Waals surface area contributed by atoms with Crippen LogP contribution in [0.25, 0.3) is 0 Å². The summed E-state index contributed by atoms with van der Waals surface area (Å²) in [5.41, 5.74) is 12.8. The molecule has 0 bridgehead atoms. The lowest BCUT2D eigenvalue weighted by Crippen LogP contribution is -2.36. The molecule has 128 valence electrons. The number of fused-ring (bicyclic) bond motifs is 1. The first-order chi connectivity index (χ1) is 11.1. The SMILES string of the molecule is Cc1cc(C)c2c(c1)N(C(=O)CCc1ccccc1N)CCC2.Cl. The van der Waals surface area contributed by atoms with Gasteiger partial charge in [0, 0.05) is 24.3 Å². The van der Waals surface area contributed by atoms with Crippen LogP contribution in [0.2, 0.25) is 0 Å². The Kier molecular flexibility index (Phi) is 5.89. The molecule has 3 rings (SSSR count). The van der Waals surface area contributed by atoms with Crippen molar-refractivity contribution >= 4 is 29.7 Å². The standard InChI is InChI=1S/C20H24N2O.ClH/c1-14-12-15(2)17-7-5-11-22(19(17)13-14)20(23)10-9-16-6-3-4-8-18(16)21;/h3-4,6,8,12-13H,5,7,9-11,21H2,1-2H3;1H. The lowest BCUT2D eigenvalue weighted by Gasteiger charge is -2.31. The van der Waals surface area contributed by atoms with Crippen LogP contribution in [0.15, 0.2) is 36.4 Å². The molecule has 0 atom stereocenters. The third kappa shape index (κ3) is 3.73. The highest BCUT2D eigenvalue weighted by Gasteiger charge is 2.23. The van der Waals surface area contributed by atoms with Crippen LogP contribution in [0.3, 0.4) is 0 Å². The average Bonchev–Trinajstić information content (AvgIpc) is 2.53. The molecular formula is C20H25ClN2O. The third-order valence-corrected chi connectivity index (χ3v) is 4.66. The number of anilines is 2. The minimum absolute atomic E-state index is 0. The number of amides is 1. The Morgan fingerprint density at radius 1 is 1.21 bits per heavy atom. The topological polar surface area (TPSA) is 46.3 Å². The van der Waals surface area contributed by atoms with Crippen LogP contribution >= 0.6 is 12.4 Å². The molecule has 3 nitrogen and oxygen atoms in total. The van der Waals surface area contributed by atoms with Crippen molar-refractivity contribution in [1.29, 1.82) is 0 Å². The Labute approximate surface area is 150 Å². The van der Waals surface area contributed by atoms with Crippen molar-refractivity contribution in [2.45, 2.75) is 39.5 Å². The molecule has 0 aliphatic carbocycles. The summed E-state index contributed by atoms with van der Waals surface area (Å²) in [7, 11) is 0. The molecule has 0 fully saturated rings. The molecule has 0 saturated carbocycles. The van der Waals surface area contributed by atoms with Gasteiger partial charge < -0.3 is 10.6 Å². The van der Waals surface area contributed by atoms with E-state index in [1.165, 1.54) is 16.7 Å². The van der Waals surface area contributed by atoms with E-state index >= 15 is 0 Å². The summed E-state index contributed by atoms with van der Waals surface area (Å²) in [5, 5.41) is 0. The average molecular weight is 345 g/mol. The number of nitrogens with zero attached hydrogens (tertiary/aromatic N) is 1. The minimum atomic E-state index is 0. The number of benzene rings is 2. The molecule has 2 N–H and O–H groups in total. The summed E-state index contributed by atoms with van der Waals surface area (Å²) < 4.78 is 0. The van der Waals surface area contributed by atoms with Crippen LogP contribution in [0, 0.1) is 13.8 Å². The summed E-state index contributed by atoms with van der Waals surface area (Å²) in [6.07, 6.45) is 3.30. The van der Waals surface area contributed by atoms with E-state index in [-0.39, 0.29) is 18.3 Å². The molecule has 1 amide bonds. The fourth-order valence-corrected chi connectivity index (χ4v) is 3.47. The van der Waals surface area contributed by atoms with Gasteiger partial charge in [-0.1, -0.05) is 24.3 Å². The van der Waals surface area contributed by atoms with E-state index in [1.54, 1.807) is 0 Å². The molecule has 1 heterocycles. The largest absolute Gasteiger partial charge is 0.399 e. The van der Waals surface area contributed by atoms with Crippen LogP contribution in [0.4, 0.5) is 11.4 Å². The molecule has 0 radical (unpaired) electrons. The first-order valence-corrected chi connectivity index (χ1v) is 8.30. The fraction of sp³-hybridized carbons (Fsp3) is 0.350. The number of halogens is 1.